The van der Waals surface area contributed by atoms with Gasteiger partial charge in [-0.05, 0) is 30.0 Å². The number of benzene rings is 1. The second-order valence-electron chi connectivity index (χ2n) is 8.56. The smallest absolute Gasteiger partial charge is 0.289 e. The Kier molecular flexibility index (Phi) is 6.12. The highest BCUT2D eigenvalue weighted by molar-refractivity contribution is 6.03. The summed E-state index contributed by atoms with van der Waals surface area (Å²) in [5, 5.41) is 3.24. The van der Waals surface area contributed by atoms with Gasteiger partial charge in [-0.1, -0.05) is 36.4 Å². The van der Waals surface area contributed by atoms with Crippen molar-refractivity contribution >= 4 is 23.5 Å². The van der Waals surface area contributed by atoms with E-state index in [2.05, 4.69) is 28.9 Å². The molecule has 1 N–H and O–H groups in total. The fraction of sp³-hybridized carbons (Fsp3) is 0.308. The molecule has 1 fully saturated rings. The van der Waals surface area contributed by atoms with Gasteiger partial charge < -0.3 is 19.5 Å². The molecule has 34 heavy (non-hydrogen) atoms. The van der Waals surface area contributed by atoms with Crippen LogP contribution in [0.3, 0.4) is 0 Å². The Morgan fingerprint density at radius 2 is 1.88 bits per heavy atom. The Bertz CT molecular complexity index is 1180. The number of nitrogens with one attached hydrogen (secondary N) is 1. The lowest BCUT2D eigenvalue weighted by Crippen LogP contribution is -2.49. The normalized spacial score (nSPS) is 17.9. The largest absolute Gasteiger partial charge is 0.459 e. The summed E-state index contributed by atoms with van der Waals surface area (Å²) in [6, 6.07) is 13.5. The number of amides is 1. The SMILES string of the molecule is C=CCNc1nc(N2CCN(C(=O)c3ccco3)CC2)nc2c1C(=O)C[C@@H](c1ccccc1)C2. The van der Waals surface area contributed by atoms with E-state index in [4.69, 9.17) is 14.4 Å². The van der Waals surface area contributed by atoms with E-state index in [0.29, 0.717) is 68.7 Å². The Hall–Kier alpha value is -3.94. The minimum Gasteiger partial charge on any atom is -0.459 e. The third-order valence-corrected chi connectivity index (χ3v) is 6.39. The first-order valence-corrected chi connectivity index (χ1v) is 11.6. The van der Waals surface area contributed by atoms with Gasteiger partial charge in [-0.15, -0.1) is 6.58 Å². The van der Waals surface area contributed by atoms with Crippen LogP contribution >= 0.6 is 0 Å². The summed E-state index contributed by atoms with van der Waals surface area (Å²) in [5.74, 6) is 1.53. The molecular weight excluding hydrogens is 430 g/mol. The predicted molar refractivity (Wildman–Crippen MR) is 129 cm³/mol. The van der Waals surface area contributed by atoms with E-state index in [1.165, 1.54) is 6.26 Å². The molecule has 2 aliphatic rings. The number of Topliss-reactive ketones (excluding diaryl/α,β-unsaturated/α-hetero) is 1. The van der Waals surface area contributed by atoms with E-state index in [1.54, 1.807) is 23.1 Å². The van der Waals surface area contributed by atoms with Gasteiger partial charge in [0.1, 0.15) is 5.82 Å². The molecule has 3 aromatic rings. The zero-order valence-corrected chi connectivity index (χ0v) is 18.9. The van der Waals surface area contributed by atoms with E-state index < -0.39 is 0 Å². The van der Waals surface area contributed by atoms with Gasteiger partial charge in [-0.3, -0.25) is 9.59 Å². The van der Waals surface area contributed by atoms with Gasteiger partial charge in [-0.2, -0.15) is 4.98 Å². The molecule has 0 unspecified atom stereocenters. The molecule has 0 spiro atoms. The zero-order valence-electron chi connectivity index (χ0n) is 18.9. The maximum atomic E-state index is 13.2. The Balaban J connectivity index is 1.39. The number of ketones is 1. The number of hydrogen-bond acceptors (Lipinski definition) is 7. The molecule has 1 amide bonds. The zero-order chi connectivity index (χ0) is 23.5. The summed E-state index contributed by atoms with van der Waals surface area (Å²) in [6.45, 7) is 6.56. The molecule has 8 heteroatoms. The van der Waals surface area contributed by atoms with E-state index >= 15 is 0 Å². The van der Waals surface area contributed by atoms with Crippen LogP contribution in [0.25, 0.3) is 0 Å². The molecule has 1 aliphatic heterocycles. The average molecular weight is 458 g/mol. The van der Waals surface area contributed by atoms with Crippen molar-refractivity contribution in [3.05, 3.63) is 84.0 Å². The number of hydrogen-bond donors (Lipinski definition) is 1. The topological polar surface area (TPSA) is 91.6 Å². The number of carbonyl (C=O) groups is 2. The van der Waals surface area contributed by atoms with Crippen molar-refractivity contribution in [2.45, 2.75) is 18.8 Å². The summed E-state index contributed by atoms with van der Waals surface area (Å²) >= 11 is 0. The fourth-order valence-electron chi connectivity index (χ4n) is 4.63. The maximum absolute atomic E-state index is 13.2. The second kappa shape index (κ2) is 9.51. The quantitative estimate of drug-likeness (QED) is 0.566. The lowest BCUT2D eigenvalue weighted by molar-refractivity contribution is 0.0714. The van der Waals surface area contributed by atoms with Crippen LogP contribution < -0.4 is 10.2 Å². The van der Waals surface area contributed by atoms with Crippen molar-refractivity contribution in [2.24, 2.45) is 0 Å². The van der Waals surface area contributed by atoms with Crippen molar-refractivity contribution in [1.82, 2.24) is 14.9 Å². The van der Waals surface area contributed by atoms with Gasteiger partial charge in [0.25, 0.3) is 5.91 Å². The summed E-state index contributed by atoms with van der Waals surface area (Å²) in [7, 11) is 0. The van der Waals surface area contributed by atoms with Crippen LogP contribution in [0, 0.1) is 0 Å². The summed E-state index contributed by atoms with van der Waals surface area (Å²) in [5.41, 5.74) is 2.51. The number of fused-ring (bicyclic) bond motifs is 1. The number of rotatable bonds is 6. The predicted octanol–water partition coefficient (Wildman–Crippen LogP) is 3.54. The van der Waals surface area contributed by atoms with Crippen molar-refractivity contribution in [3.8, 4) is 0 Å². The van der Waals surface area contributed by atoms with Crippen LogP contribution in [0.1, 0.15) is 44.5 Å². The molecule has 0 radical (unpaired) electrons. The third kappa shape index (κ3) is 4.31. The minimum atomic E-state index is -0.111. The second-order valence-corrected chi connectivity index (χ2v) is 8.56. The van der Waals surface area contributed by atoms with Crippen LogP contribution in [-0.2, 0) is 6.42 Å². The number of furan rings is 1. The van der Waals surface area contributed by atoms with Gasteiger partial charge in [0, 0.05) is 39.1 Å². The van der Waals surface area contributed by atoms with Crippen LogP contribution in [0.4, 0.5) is 11.8 Å². The Morgan fingerprint density at radius 1 is 1.09 bits per heavy atom. The van der Waals surface area contributed by atoms with Crippen molar-refractivity contribution in [3.63, 3.8) is 0 Å². The summed E-state index contributed by atoms with van der Waals surface area (Å²) < 4.78 is 5.25. The fourth-order valence-corrected chi connectivity index (χ4v) is 4.63. The lowest BCUT2D eigenvalue weighted by Gasteiger charge is -2.35. The molecule has 2 aromatic heterocycles. The highest BCUT2D eigenvalue weighted by atomic mass is 16.3. The molecule has 1 aliphatic carbocycles. The molecule has 1 atom stereocenters. The van der Waals surface area contributed by atoms with Gasteiger partial charge in [-0.25, -0.2) is 4.98 Å². The van der Waals surface area contributed by atoms with Crippen molar-refractivity contribution in [1.29, 1.82) is 0 Å². The molecule has 1 saturated heterocycles. The Labute approximate surface area is 198 Å². The molecule has 1 aromatic carbocycles. The van der Waals surface area contributed by atoms with Crippen molar-refractivity contribution < 1.29 is 14.0 Å². The first-order valence-electron chi connectivity index (χ1n) is 11.6. The first-order chi connectivity index (χ1) is 16.6. The van der Waals surface area contributed by atoms with Gasteiger partial charge in [0.2, 0.25) is 5.95 Å². The molecular formula is C26H27N5O3. The van der Waals surface area contributed by atoms with Crippen molar-refractivity contribution in [2.75, 3.05) is 42.9 Å². The van der Waals surface area contributed by atoms with Crippen LogP contribution in [0.15, 0.2) is 65.8 Å². The van der Waals surface area contributed by atoms with E-state index in [9.17, 15) is 9.59 Å². The molecule has 0 saturated carbocycles. The molecule has 174 valence electrons. The highest BCUT2D eigenvalue weighted by Crippen LogP contribution is 2.35. The number of aromatic nitrogens is 2. The van der Waals surface area contributed by atoms with E-state index in [-0.39, 0.29) is 17.6 Å². The van der Waals surface area contributed by atoms with E-state index in [0.717, 1.165) is 11.3 Å². The van der Waals surface area contributed by atoms with Gasteiger partial charge >= 0.3 is 0 Å². The standard InChI is InChI=1S/C26H27N5O3/c1-2-10-27-24-23-20(16-19(17-21(23)32)18-7-4-3-5-8-18)28-26(29-24)31-13-11-30(12-14-31)25(33)22-9-6-15-34-22/h2-9,15,19H,1,10-14,16-17H2,(H,27,28,29)/t19-/m0/s1. The first kappa shape index (κ1) is 21.9. The lowest BCUT2D eigenvalue weighted by atomic mass is 9.82. The average Bonchev–Trinajstić information content (AvgIpc) is 3.42. The molecule has 3 heterocycles. The summed E-state index contributed by atoms with van der Waals surface area (Å²) in [4.78, 5) is 39.2. The minimum absolute atomic E-state index is 0.0575. The van der Waals surface area contributed by atoms with E-state index in [1.807, 2.05) is 18.2 Å². The third-order valence-electron chi connectivity index (χ3n) is 6.39. The van der Waals surface area contributed by atoms with Crippen LogP contribution in [0.2, 0.25) is 0 Å². The number of anilines is 2. The van der Waals surface area contributed by atoms with Crippen LogP contribution in [0.5, 0.6) is 0 Å². The number of piperazine rings is 1. The van der Waals surface area contributed by atoms with Crippen LogP contribution in [-0.4, -0.2) is 59.3 Å². The van der Waals surface area contributed by atoms with Gasteiger partial charge in [0.05, 0.1) is 17.5 Å². The number of carbonyl (C=O) groups excluding carboxylic acids is 2. The monoisotopic (exact) mass is 457 g/mol. The molecule has 8 nitrogen and oxygen atoms in total. The summed E-state index contributed by atoms with van der Waals surface area (Å²) in [6.07, 6.45) is 4.37. The maximum Gasteiger partial charge on any atom is 0.289 e. The number of nitrogens with zero attached hydrogens (tertiary/aromatic N) is 4. The highest BCUT2D eigenvalue weighted by Gasteiger charge is 2.32. The molecule has 0 bridgehead atoms. The molecule has 5 rings (SSSR count). The Morgan fingerprint density at radius 3 is 2.59 bits per heavy atom. The van der Waals surface area contributed by atoms with Gasteiger partial charge in [0.15, 0.2) is 11.5 Å².